The van der Waals surface area contributed by atoms with E-state index in [9.17, 15) is 18.7 Å². The van der Waals surface area contributed by atoms with Gasteiger partial charge in [0.2, 0.25) is 5.82 Å². The zero-order chi connectivity index (χ0) is 12.3. The fraction of sp³-hybridized carbons (Fsp3) is 0.300. The second-order valence-electron chi connectivity index (χ2n) is 3.19. The molecule has 17 heavy (non-hydrogen) atoms. The summed E-state index contributed by atoms with van der Waals surface area (Å²) in [6.45, 7) is 0. The molecule has 0 unspecified atom stereocenters. The highest BCUT2D eigenvalue weighted by molar-refractivity contribution is 5.85. The van der Waals surface area contributed by atoms with Gasteiger partial charge in [-0.15, -0.1) is 12.4 Å². The van der Waals surface area contributed by atoms with E-state index in [1.165, 1.54) is 7.11 Å². The lowest BCUT2D eigenvalue weighted by Crippen LogP contribution is -2.16. The Morgan fingerprint density at radius 3 is 2.65 bits per heavy atom. The maximum absolute atomic E-state index is 13.0. The lowest BCUT2D eigenvalue weighted by Gasteiger charge is -2.12. The van der Waals surface area contributed by atoms with Crippen LogP contribution >= 0.6 is 12.4 Å². The van der Waals surface area contributed by atoms with Crippen molar-refractivity contribution in [3.63, 3.8) is 0 Å². The normalized spacial score (nSPS) is 11.5. The van der Waals surface area contributed by atoms with E-state index in [0.717, 1.165) is 12.1 Å². The first-order chi connectivity index (χ1) is 7.47. The largest absolute Gasteiger partial charge is 0.505 e. The van der Waals surface area contributed by atoms with Crippen molar-refractivity contribution in [1.29, 1.82) is 0 Å². The maximum Gasteiger partial charge on any atom is 0.307 e. The first-order valence-electron chi connectivity index (χ1n) is 4.46. The quantitative estimate of drug-likeness (QED) is 0.817. The van der Waals surface area contributed by atoms with Crippen molar-refractivity contribution in [2.75, 3.05) is 7.11 Å². The van der Waals surface area contributed by atoms with Gasteiger partial charge in [-0.05, 0) is 6.07 Å². The van der Waals surface area contributed by atoms with Crippen LogP contribution in [0.1, 0.15) is 18.0 Å². The first kappa shape index (κ1) is 15.6. The molecule has 0 radical (unpaired) electrons. The van der Waals surface area contributed by atoms with Crippen molar-refractivity contribution in [2.45, 2.75) is 12.5 Å². The van der Waals surface area contributed by atoms with Crippen LogP contribution in [0.3, 0.4) is 0 Å². The number of halogens is 3. The van der Waals surface area contributed by atoms with E-state index in [4.69, 9.17) is 5.73 Å². The molecule has 96 valence electrons. The second-order valence-corrected chi connectivity index (χ2v) is 3.19. The second kappa shape index (κ2) is 6.36. The number of benzene rings is 1. The highest BCUT2D eigenvalue weighted by Crippen LogP contribution is 2.29. The van der Waals surface area contributed by atoms with Crippen LogP contribution < -0.4 is 5.73 Å². The fourth-order valence-corrected chi connectivity index (χ4v) is 1.23. The van der Waals surface area contributed by atoms with E-state index < -0.39 is 29.4 Å². The number of methoxy groups -OCH3 is 1. The van der Waals surface area contributed by atoms with Gasteiger partial charge < -0.3 is 15.6 Å². The Morgan fingerprint density at radius 2 is 2.12 bits per heavy atom. The number of aromatic hydroxyl groups is 1. The van der Waals surface area contributed by atoms with E-state index >= 15 is 0 Å². The zero-order valence-corrected chi connectivity index (χ0v) is 9.76. The number of rotatable bonds is 3. The van der Waals surface area contributed by atoms with Gasteiger partial charge in [-0.25, -0.2) is 4.39 Å². The molecule has 7 heteroatoms. The van der Waals surface area contributed by atoms with Crippen LogP contribution in [-0.2, 0) is 9.53 Å². The molecule has 1 aromatic carbocycles. The smallest absolute Gasteiger partial charge is 0.307 e. The summed E-state index contributed by atoms with van der Waals surface area (Å²) in [6.07, 6.45) is -0.227. The molecule has 0 aliphatic heterocycles. The third-order valence-electron chi connectivity index (χ3n) is 2.11. The Bertz CT molecular complexity index is 415. The molecule has 0 fully saturated rings. The number of carbonyl (C=O) groups is 1. The van der Waals surface area contributed by atoms with E-state index in [1.54, 1.807) is 0 Å². The summed E-state index contributed by atoms with van der Waals surface area (Å²) in [5.74, 6) is -4.03. The first-order valence-corrected chi connectivity index (χ1v) is 4.46. The van der Waals surface area contributed by atoms with Crippen LogP contribution in [0, 0.1) is 11.6 Å². The monoisotopic (exact) mass is 267 g/mol. The number of hydrogen-bond acceptors (Lipinski definition) is 4. The Kier molecular flexibility index (Phi) is 5.84. The van der Waals surface area contributed by atoms with Crippen molar-refractivity contribution in [1.82, 2.24) is 0 Å². The highest BCUT2D eigenvalue weighted by atomic mass is 35.5. The summed E-state index contributed by atoms with van der Waals surface area (Å²) >= 11 is 0. The van der Waals surface area contributed by atoms with Gasteiger partial charge in [0.1, 0.15) is 0 Å². The molecule has 0 bridgehead atoms. The van der Waals surface area contributed by atoms with Crippen LogP contribution in [0.5, 0.6) is 5.75 Å². The van der Waals surface area contributed by atoms with Crippen molar-refractivity contribution >= 4 is 18.4 Å². The lowest BCUT2D eigenvalue weighted by atomic mass is 10.0. The van der Waals surface area contributed by atoms with E-state index in [2.05, 4.69) is 4.74 Å². The molecule has 0 aliphatic rings. The Hall–Kier alpha value is -1.40. The molecule has 1 rings (SSSR count). The van der Waals surface area contributed by atoms with Gasteiger partial charge in [0.15, 0.2) is 11.6 Å². The van der Waals surface area contributed by atoms with Crippen LogP contribution in [0.15, 0.2) is 12.1 Å². The molecule has 1 aromatic rings. The maximum atomic E-state index is 13.0. The van der Waals surface area contributed by atoms with Crippen LogP contribution in [0.4, 0.5) is 8.78 Å². The Labute approximate surface area is 103 Å². The molecule has 0 saturated heterocycles. The number of nitrogens with two attached hydrogens (primary N) is 1. The zero-order valence-electron chi connectivity index (χ0n) is 8.94. The minimum atomic E-state index is -1.38. The van der Waals surface area contributed by atoms with Gasteiger partial charge in [-0.1, -0.05) is 6.07 Å². The SMILES string of the molecule is COC(=O)C[C@@H](N)c1ccc(F)c(F)c1O.Cl. The van der Waals surface area contributed by atoms with Gasteiger partial charge in [0, 0.05) is 11.6 Å². The van der Waals surface area contributed by atoms with Gasteiger partial charge in [0.25, 0.3) is 0 Å². The van der Waals surface area contributed by atoms with E-state index in [-0.39, 0.29) is 24.4 Å². The standard InChI is InChI=1S/C10H11F2NO3.ClH/c1-16-8(14)4-7(13)5-2-3-6(11)9(12)10(5)15;/h2-3,7,15H,4,13H2,1H3;1H/t7-;/m1./s1. The molecule has 3 N–H and O–H groups in total. The van der Waals surface area contributed by atoms with Crippen LogP contribution in [0.25, 0.3) is 0 Å². The predicted molar refractivity (Wildman–Crippen MR) is 58.8 cm³/mol. The third-order valence-corrected chi connectivity index (χ3v) is 2.11. The number of ether oxygens (including phenoxy) is 1. The minimum absolute atomic E-state index is 0. The van der Waals surface area contributed by atoms with Crippen molar-refractivity contribution < 1.29 is 23.4 Å². The van der Waals surface area contributed by atoms with Crippen molar-refractivity contribution in [2.24, 2.45) is 5.73 Å². The molecule has 0 saturated carbocycles. The number of hydrogen-bond donors (Lipinski definition) is 2. The number of esters is 1. The topological polar surface area (TPSA) is 72.5 Å². The summed E-state index contributed by atoms with van der Waals surface area (Å²) < 4.78 is 30.0. The molecule has 0 aliphatic carbocycles. The van der Waals surface area contributed by atoms with Gasteiger partial charge in [-0.3, -0.25) is 4.79 Å². The Balaban J connectivity index is 0.00000256. The van der Waals surface area contributed by atoms with Crippen molar-refractivity contribution in [3.8, 4) is 5.75 Å². The number of phenolic OH excluding ortho intramolecular Hbond substituents is 1. The summed E-state index contributed by atoms with van der Waals surface area (Å²) in [6, 6.07) is 1.02. The molecule has 0 heterocycles. The average Bonchev–Trinajstić information content (AvgIpc) is 2.25. The summed E-state index contributed by atoms with van der Waals surface area (Å²) in [5.41, 5.74) is 5.50. The van der Waals surface area contributed by atoms with Gasteiger partial charge in [0.05, 0.1) is 13.5 Å². The van der Waals surface area contributed by atoms with Crippen LogP contribution in [-0.4, -0.2) is 18.2 Å². The van der Waals surface area contributed by atoms with Crippen molar-refractivity contribution in [3.05, 3.63) is 29.3 Å². The van der Waals surface area contributed by atoms with Crippen LogP contribution in [0.2, 0.25) is 0 Å². The highest BCUT2D eigenvalue weighted by Gasteiger charge is 2.19. The molecular formula is C10H12ClF2NO3. The Morgan fingerprint density at radius 1 is 1.53 bits per heavy atom. The fourth-order valence-electron chi connectivity index (χ4n) is 1.23. The summed E-state index contributed by atoms with van der Waals surface area (Å²) in [4.78, 5) is 10.9. The van der Waals surface area contributed by atoms with E-state index in [1.807, 2.05) is 0 Å². The predicted octanol–water partition coefficient (Wildman–Crippen LogP) is 1.66. The molecule has 0 aromatic heterocycles. The number of phenols is 1. The summed E-state index contributed by atoms with van der Waals surface area (Å²) in [7, 11) is 1.18. The third kappa shape index (κ3) is 3.54. The summed E-state index contributed by atoms with van der Waals surface area (Å²) in [5, 5.41) is 9.29. The molecular weight excluding hydrogens is 256 g/mol. The van der Waals surface area contributed by atoms with Gasteiger partial charge in [-0.2, -0.15) is 4.39 Å². The molecule has 4 nitrogen and oxygen atoms in total. The van der Waals surface area contributed by atoms with Gasteiger partial charge >= 0.3 is 5.97 Å². The molecule has 0 spiro atoms. The molecule has 1 atom stereocenters. The average molecular weight is 268 g/mol. The van der Waals surface area contributed by atoms with E-state index in [0.29, 0.717) is 0 Å². The number of carbonyl (C=O) groups excluding carboxylic acids is 1. The minimum Gasteiger partial charge on any atom is -0.505 e. The lowest BCUT2D eigenvalue weighted by molar-refractivity contribution is -0.141. The molecule has 0 amide bonds.